The number of aromatic carboxylic acids is 1. The van der Waals surface area contributed by atoms with Crippen molar-refractivity contribution in [2.24, 2.45) is 0 Å². The molecule has 3 aromatic carbocycles. The topological polar surface area (TPSA) is 84.9 Å². The fourth-order valence-corrected chi connectivity index (χ4v) is 3.98. The first kappa shape index (κ1) is 21.2. The zero-order valence-electron chi connectivity index (χ0n) is 17.6. The van der Waals surface area contributed by atoms with E-state index < -0.39 is 12.1 Å². The Balaban J connectivity index is 1.33. The van der Waals surface area contributed by atoms with Crippen molar-refractivity contribution in [3.05, 3.63) is 95.1 Å². The number of amides is 1. The highest BCUT2D eigenvalue weighted by molar-refractivity contribution is 5.91. The number of alkyl carbamates (subject to hydrolysis) is 1. The molecule has 0 spiro atoms. The molecule has 0 radical (unpaired) electrons. The van der Waals surface area contributed by atoms with Gasteiger partial charge in [0.25, 0.3) is 0 Å². The molecule has 1 amide bonds. The van der Waals surface area contributed by atoms with Crippen LogP contribution in [0.15, 0.2) is 72.8 Å². The molecular formula is C26H23NO5. The molecule has 0 saturated heterocycles. The highest BCUT2D eigenvalue weighted by Crippen LogP contribution is 2.44. The third-order valence-electron chi connectivity index (χ3n) is 5.47. The van der Waals surface area contributed by atoms with Gasteiger partial charge in [0.05, 0.1) is 7.11 Å². The van der Waals surface area contributed by atoms with E-state index in [-0.39, 0.29) is 24.6 Å². The molecule has 6 heteroatoms. The van der Waals surface area contributed by atoms with Gasteiger partial charge in [-0.1, -0.05) is 66.7 Å². The summed E-state index contributed by atoms with van der Waals surface area (Å²) in [5, 5.41) is 12.0. The van der Waals surface area contributed by atoms with Crippen LogP contribution >= 0.6 is 0 Å². The van der Waals surface area contributed by atoms with Gasteiger partial charge in [0.1, 0.15) is 17.9 Å². The van der Waals surface area contributed by atoms with E-state index in [2.05, 4.69) is 29.6 Å². The van der Waals surface area contributed by atoms with Crippen LogP contribution in [-0.4, -0.2) is 37.4 Å². The van der Waals surface area contributed by atoms with Gasteiger partial charge in [0.2, 0.25) is 0 Å². The van der Waals surface area contributed by atoms with Crippen LogP contribution in [0.2, 0.25) is 0 Å². The lowest BCUT2D eigenvalue weighted by Crippen LogP contribution is -2.26. The lowest BCUT2D eigenvalue weighted by molar-refractivity contribution is 0.0693. The lowest BCUT2D eigenvalue weighted by Gasteiger charge is -2.14. The molecule has 3 aromatic rings. The zero-order valence-corrected chi connectivity index (χ0v) is 17.6. The molecule has 0 heterocycles. The number of carboxylic acids is 1. The summed E-state index contributed by atoms with van der Waals surface area (Å²) in [7, 11) is 1.43. The van der Waals surface area contributed by atoms with E-state index in [1.54, 1.807) is 24.3 Å². The molecule has 6 nitrogen and oxygen atoms in total. The smallest absolute Gasteiger partial charge is 0.407 e. The van der Waals surface area contributed by atoms with Crippen molar-refractivity contribution >= 4 is 18.1 Å². The second kappa shape index (κ2) is 9.39. The molecule has 1 aliphatic carbocycles. The van der Waals surface area contributed by atoms with Crippen LogP contribution in [0.4, 0.5) is 4.79 Å². The van der Waals surface area contributed by atoms with Gasteiger partial charge in [0, 0.05) is 12.5 Å². The lowest BCUT2D eigenvalue weighted by atomic mass is 9.98. The molecule has 0 atom stereocenters. The summed E-state index contributed by atoms with van der Waals surface area (Å²) in [6, 6.07) is 21.2. The van der Waals surface area contributed by atoms with Gasteiger partial charge in [-0.25, -0.2) is 9.59 Å². The number of fused-ring (bicyclic) bond motifs is 3. The van der Waals surface area contributed by atoms with Crippen molar-refractivity contribution in [1.29, 1.82) is 0 Å². The maximum absolute atomic E-state index is 12.2. The van der Waals surface area contributed by atoms with Gasteiger partial charge >= 0.3 is 12.1 Å². The van der Waals surface area contributed by atoms with Crippen LogP contribution in [0.1, 0.15) is 33.0 Å². The van der Waals surface area contributed by atoms with Crippen molar-refractivity contribution in [2.45, 2.75) is 5.92 Å². The van der Waals surface area contributed by atoms with Gasteiger partial charge < -0.3 is 19.9 Å². The Bertz CT molecular complexity index is 1140. The molecular weight excluding hydrogens is 406 g/mol. The first-order valence-corrected chi connectivity index (χ1v) is 10.2. The summed E-state index contributed by atoms with van der Waals surface area (Å²) in [5.41, 5.74) is 5.46. The van der Waals surface area contributed by atoms with Crippen LogP contribution in [0.5, 0.6) is 5.75 Å². The van der Waals surface area contributed by atoms with Gasteiger partial charge in [-0.2, -0.15) is 0 Å². The second-order valence-electron chi connectivity index (χ2n) is 7.37. The first-order chi connectivity index (χ1) is 15.6. The fourth-order valence-electron chi connectivity index (χ4n) is 3.98. The molecule has 162 valence electrons. The van der Waals surface area contributed by atoms with E-state index >= 15 is 0 Å². The standard InChI is InChI=1S/C26H23NO5/c1-31-24-13-12-17(15-22(24)25(28)29)7-6-14-27-26(30)32-16-23-20-10-4-2-8-18(20)19-9-3-5-11-21(19)23/h2-13,15,23H,14,16H2,1H3,(H,27,30)(H,28,29). The number of rotatable bonds is 7. The number of hydrogen-bond acceptors (Lipinski definition) is 4. The van der Waals surface area contributed by atoms with Crippen LogP contribution < -0.4 is 10.1 Å². The van der Waals surface area contributed by atoms with E-state index in [4.69, 9.17) is 9.47 Å². The number of benzene rings is 3. The highest BCUT2D eigenvalue weighted by atomic mass is 16.5. The monoisotopic (exact) mass is 429 g/mol. The maximum atomic E-state index is 12.2. The molecule has 0 aromatic heterocycles. The predicted octanol–water partition coefficient (Wildman–Crippen LogP) is 4.95. The maximum Gasteiger partial charge on any atom is 0.407 e. The van der Waals surface area contributed by atoms with Crippen molar-refractivity contribution in [1.82, 2.24) is 5.32 Å². The largest absolute Gasteiger partial charge is 0.496 e. The minimum absolute atomic E-state index is 0.0115. The fraction of sp³-hybridized carbons (Fsp3) is 0.154. The number of ether oxygens (including phenoxy) is 2. The van der Waals surface area contributed by atoms with Crippen molar-refractivity contribution in [3.63, 3.8) is 0 Å². The molecule has 0 aliphatic heterocycles. The molecule has 0 fully saturated rings. The second-order valence-corrected chi connectivity index (χ2v) is 7.37. The summed E-state index contributed by atoms with van der Waals surface area (Å²) in [5.74, 6) is -0.752. The molecule has 2 N–H and O–H groups in total. The van der Waals surface area contributed by atoms with Crippen molar-refractivity contribution in [3.8, 4) is 16.9 Å². The third kappa shape index (κ3) is 4.34. The SMILES string of the molecule is COc1ccc(C=CCNC(=O)OCC2c3ccccc3-c3ccccc32)cc1C(=O)O. The van der Waals surface area contributed by atoms with E-state index in [1.165, 1.54) is 24.3 Å². The van der Waals surface area contributed by atoms with Gasteiger partial charge in [0.15, 0.2) is 0 Å². The number of carboxylic acid groups (broad SMARTS) is 1. The summed E-state index contributed by atoms with van der Waals surface area (Å²) in [6.07, 6.45) is 2.96. The number of carbonyl (C=O) groups is 2. The summed E-state index contributed by atoms with van der Waals surface area (Å²) in [6.45, 7) is 0.509. The molecule has 4 rings (SSSR count). The van der Waals surface area contributed by atoms with Crippen molar-refractivity contribution in [2.75, 3.05) is 20.3 Å². The minimum atomic E-state index is -1.06. The predicted molar refractivity (Wildman–Crippen MR) is 122 cm³/mol. The summed E-state index contributed by atoms with van der Waals surface area (Å²) < 4.78 is 10.5. The van der Waals surface area contributed by atoms with Crippen molar-refractivity contribution < 1.29 is 24.2 Å². The van der Waals surface area contributed by atoms with Gasteiger partial charge in [-0.05, 0) is 39.9 Å². The van der Waals surface area contributed by atoms with Crippen LogP contribution in [0, 0.1) is 0 Å². The Morgan fingerprint density at radius 3 is 2.28 bits per heavy atom. The van der Waals surface area contributed by atoms with Gasteiger partial charge in [-0.3, -0.25) is 0 Å². The normalized spacial score (nSPS) is 12.3. The third-order valence-corrected chi connectivity index (χ3v) is 5.47. The quantitative estimate of drug-likeness (QED) is 0.555. The van der Waals surface area contributed by atoms with E-state index in [1.807, 2.05) is 24.3 Å². The zero-order chi connectivity index (χ0) is 22.5. The number of carbonyl (C=O) groups excluding carboxylic acids is 1. The Hall–Kier alpha value is -4.06. The number of hydrogen-bond donors (Lipinski definition) is 2. The van der Waals surface area contributed by atoms with Crippen LogP contribution in [0.3, 0.4) is 0 Å². The number of methoxy groups -OCH3 is 1. The number of nitrogens with one attached hydrogen (secondary N) is 1. The van der Waals surface area contributed by atoms with Gasteiger partial charge in [-0.15, -0.1) is 0 Å². The van der Waals surface area contributed by atoms with E-state index in [9.17, 15) is 14.7 Å². The molecule has 0 bridgehead atoms. The summed E-state index contributed by atoms with van der Waals surface area (Å²) in [4.78, 5) is 23.5. The Labute approximate surface area is 186 Å². The van der Waals surface area contributed by atoms with E-state index in [0.717, 1.165) is 11.1 Å². The average Bonchev–Trinajstić information content (AvgIpc) is 3.14. The minimum Gasteiger partial charge on any atom is -0.496 e. The molecule has 0 unspecified atom stereocenters. The Morgan fingerprint density at radius 2 is 1.66 bits per heavy atom. The Kier molecular flexibility index (Phi) is 6.22. The van der Waals surface area contributed by atoms with Crippen LogP contribution in [0.25, 0.3) is 17.2 Å². The average molecular weight is 429 g/mol. The van der Waals surface area contributed by atoms with E-state index in [0.29, 0.717) is 11.3 Å². The molecule has 1 aliphatic rings. The highest BCUT2D eigenvalue weighted by Gasteiger charge is 2.28. The molecule has 0 saturated carbocycles. The molecule has 32 heavy (non-hydrogen) atoms. The Morgan fingerprint density at radius 1 is 1.00 bits per heavy atom. The first-order valence-electron chi connectivity index (χ1n) is 10.2. The van der Waals surface area contributed by atoms with Crippen LogP contribution in [-0.2, 0) is 4.74 Å². The summed E-state index contributed by atoms with van der Waals surface area (Å²) >= 11 is 0.